The third kappa shape index (κ3) is 5.89. The van der Waals surface area contributed by atoms with Gasteiger partial charge in [0, 0.05) is 12.0 Å². The third-order valence-corrected chi connectivity index (χ3v) is 8.87. The Kier molecular flexibility index (Phi) is 7.39. The number of aromatic amines is 1. The number of nitrogens with zero attached hydrogens (tertiary/aromatic N) is 6. The van der Waals surface area contributed by atoms with E-state index in [9.17, 15) is 28.8 Å². The highest BCUT2D eigenvalue weighted by Crippen LogP contribution is 2.54. The fraction of sp³-hybridized carbons (Fsp3) is 0.579. The van der Waals surface area contributed by atoms with Crippen molar-refractivity contribution in [2.24, 2.45) is 5.92 Å². The van der Waals surface area contributed by atoms with E-state index < -0.39 is 71.0 Å². The summed E-state index contributed by atoms with van der Waals surface area (Å²) in [6, 6.07) is -0.355. The van der Waals surface area contributed by atoms with Gasteiger partial charge in [-0.3, -0.25) is 32.4 Å². The summed E-state index contributed by atoms with van der Waals surface area (Å²) in [5.41, 5.74) is 4.79. The molecule has 1 aliphatic carbocycles. The van der Waals surface area contributed by atoms with E-state index in [4.69, 9.17) is 28.6 Å². The van der Waals surface area contributed by atoms with Crippen LogP contribution in [0.15, 0.2) is 23.8 Å². The first kappa shape index (κ1) is 28.2. The number of hydrogen-bond acceptors (Lipinski definition) is 16. The minimum atomic E-state index is -4.89. The lowest BCUT2D eigenvalue weighted by Gasteiger charge is -2.25. The molecule has 2 bridgehead atoms. The van der Waals surface area contributed by atoms with Gasteiger partial charge in [0.2, 0.25) is 11.9 Å². The second-order valence-corrected chi connectivity index (χ2v) is 12.4. The van der Waals surface area contributed by atoms with Crippen LogP contribution in [0.1, 0.15) is 19.1 Å². The second kappa shape index (κ2) is 10.7. The van der Waals surface area contributed by atoms with Crippen LogP contribution in [-0.4, -0.2) is 93.0 Å². The van der Waals surface area contributed by atoms with Crippen molar-refractivity contribution in [2.45, 2.75) is 49.5 Å². The number of hydrogen-bond donors (Lipinski definition) is 6. The SMILES string of the molecule is Nc1nc2c(ncn2[C@@H]2O[C@@H]3COP(=O)(O)O[C@H]4C[C@H](Nc5ncncn5)C[C@@H]4COP(=O)(O)O[C@@H]2[C@@H]3O)c(=O)[nH]1. The zero-order valence-corrected chi connectivity index (χ0v) is 22.7. The Hall–Kier alpha value is -2.90. The molecule has 2 saturated heterocycles. The largest absolute Gasteiger partial charge is 0.472 e. The summed E-state index contributed by atoms with van der Waals surface area (Å²) in [5, 5.41) is 14.0. The highest BCUT2D eigenvalue weighted by Gasteiger charge is 2.51. The van der Waals surface area contributed by atoms with Gasteiger partial charge >= 0.3 is 15.6 Å². The number of fused-ring (bicyclic) bond motifs is 4. The molecule has 1 saturated carbocycles. The maximum absolute atomic E-state index is 13.1. The highest BCUT2D eigenvalue weighted by atomic mass is 31.2. The maximum Gasteiger partial charge on any atom is 0.472 e. The molecule has 41 heavy (non-hydrogen) atoms. The summed E-state index contributed by atoms with van der Waals surface area (Å²) in [4.78, 5) is 55.3. The quantitative estimate of drug-likeness (QED) is 0.193. The van der Waals surface area contributed by atoms with Crippen LogP contribution < -0.4 is 16.6 Å². The Morgan fingerprint density at radius 1 is 1.05 bits per heavy atom. The monoisotopic (exact) mass is 617 g/mol. The minimum absolute atomic E-state index is 0.0740. The summed E-state index contributed by atoms with van der Waals surface area (Å²) >= 11 is 0. The van der Waals surface area contributed by atoms with Crippen LogP contribution >= 0.6 is 15.6 Å². The van der Waals surface area contributed by atoms with Crippen molar-refractivity contribution in [1.29, 1.82) is 0 Å². The van der Waals surface area contributed by atoms with Gasteiger partial charge in [-0.1, -0.05) is 0 Å². The molecule has 7 N–H and O–H groups in total. The molecule has 0 amide bonds. The van der Waals surface area contributed by atoms with Crippen LogP contribution in [0.25, 0.3) is 11.2 Å². The summed E-state index contributed by atoms with van der Waals surface area (Å²) in [7, 11) is -9.63. The van der Waals surface area contributed by atoms with Crippen molar-refractivity contribution in [1.82, 2.24) is 34.5 Å². The van der Waals surface area contributed by atoms with Crippen molar-refractivity contribution in [3.8, 4) is 0 Å². The van der Waals surface area contributed by atoms with Crippen molar-refractivity contribution in [2.75, 3.05) is 24.3 Å². The van der Waals surface area contributed by atoms with E-state index in [1.807, 2.05) is 0 Å². The van der Waals surface area contributed by atoms with E-state index in [0.29, 0.717) is 0 Å². The second-order valence-electron chi connectivity index (χ2n) is 9.61. The normalized spacial score (nSPS) is 38.1. The molecule has 3 aromatic rings. The van der Waals surface area contributed by atoms with E-state index in [1.54, 1.807) is 0 Å². The van der Waals surface area contributed by atoms with Crippen molar-refractivity contribution >= 4 is 38.7 Å². The first-order valence-electron chi connectivity index (χ1n) is 12.2. The number of aromatic nitrogens is 7. The molecule has 222 valence electrons. The van der Waals surface area contributed by atoms with E-state index in [2.05, 4.69) is 35.2 Å². The lowest BCUT2D eigenvalue weighted by molar-refractivity contribution is -0.0561. The summed E-state index contributed by atoms with van der Waals surface area (Å²) < 4.78 is 54.2. The standard InChI is InChI=1S/C19H25N9O11P2/c20-18-26-15-12(16(30)27-18)24-7-28(15)17-14-13(29)11(37-17)4-36-40(31,32)38-10-2-9(25-19-22-5-21-6-23-19)1-8(10)3-35-41(33,34)39-14/h5-11,13-14,17,29H,1-4H2,(H,31,32)(H,33,34)(H3,20,26,27,30)(H,21,22,23,25)/t8-,9-,10+,11-,13-,14-,17-/m1/s1. The van der Waals surface area contributed by atoms with Crippen LogP contribution in [0.3, 0.4) is 0 Å². The lowest BCUT2D eigenvalue weighted by atomic mass is 10.1. The molecule has 3 fully saturated rings. The Bertz CT molecular complexity index is 1570. The molecular weight excluding hydrogens is 592 g/mol. The molecular formula is C19H25N9O11P2. The van der Waals surface area contributed by atoms with Gasteiger partial charge in [-0.15, -0.1) is 0 Å². The maximum atomic E-state index is 13.1. The number of nitrogens with one attached hydrogen (secondary N) is 2. The molecule has 0 radical (unpaired) electrons. The van der Waals surface area contributed by atoms with Gasteiger partial charge in [0.15, 0.2) is 17.4 Å². The predicted molar refractivity (Wildman–Crippen MR) is 134 cm³/mol. The molecule has 3 aliphatic rings. The van der Waals surface area contributed by atoms with Gasteiger partial charge in [-0.25, -0.2) is 29.1 Å². The average molecular weight is 617 g/mol. The number of imidazole rings is 1. The number of phosphoric ester groups is 2. The number of nitrogens with two attached hydrogens (primary N) is 1. The van der Waals surface area contributed by atoms with E-state index in [-0.39, 0.29) is 41.9 Å². The first-order chi connectivity index (χ1) is 19.5. The lowest BCUT2D eigenvalue weighted by Crippen LogP contribution is -2.35. The number of anilines is 2. The van der Waals surface area contributed by atoms with Crippen molar-refractivity contribution in [3.63, 3.8) is 0 Å². The number of phosphoric acid groups is 2. The van der Waals surface area contributed by atoms with E-state index >= 15 is 0 Å². The summed E-state index contributed by atoms with van der Waals surface area (Å²) in [5.74, 6) is -0.640. The number of rotatable bonds is 3. The number of H-pyrrole nitrogens is 1. The molecule has 22 heteroatoms. The van der Waals surface area contributed by atoms with Gasteiger partial charge in [0.25, 0.3) is 5.56 Å². The number of aliphatic hydroxyl groups is 1. The topological polar surface area (TPSA) is 281 Å². The number of aliphatic hydroxyl groups excluding tert-OH is 1. The van der Waals surface area contributed by atoms with Gasteiger partial charge in [0.05, 0.1) is 25.6 Å². The van der Waals surface area contributed by atoms with E-state index in [0.717, 1.165) is 6.33 Å². The molecule has 2 aliphatic heterocycles. The molecule has 6 rings (SSSR count). The third-order valence-electron chi connectivity index (χ3n) is 6.87. The molecule has 2 unspecified atom stereocenters. The zero-order chi connectivity index (χ0) is 28.9. The Morgan fingerprint density at radius 3 is 2.56 bits per heavy atom. The first-order valence-corrected chi connectivity index (χ1v) is 15.2. The fourth-order valence-electron chi connectivity index (χ4n) is 5.07. The highest BCUT2D eigenvalue weighted by molar-refractivity contribution is 7.47. The molecule has 3 aromatic heterocycles. The molecule has 9 atom stereocenters. The Labute approximate surface area is 229 Å². The minimum Gasteiger partial charge on any atom is -0.387 e. The Balaban J connectivity index is 1.28. The van der Waals surface area contributed by atoms with Gasteiger partial charge in [0.1, 0.15) is 31.0 Å². The molecule has 0 spiro atoms. The summed E-state index contributed by atoms with van der Waals surface area (Å²) in [6.07, 6.45) is -2.79. The van der Waals surface area contributed by atoms with Gasteiger partial charge in [-0.2, -0.15) is 4.98 Å². The molecule has 20 nitrogen and oxygen atoms in total. The van der Waals surface area contributed by atoms with Crippen LogP contribution in [0.5, 0.6) is 0 Å². The number of ether oxygens (including phenoxy) is 1. The van der Waals surface area contributed by atoms with E-state index in [1.165, 1.54) is 17.2 Å². The molecule has 5 heterocycles. The van der Waals surface area contributed by atoms with Crippen LogP contribution in [0, 0.1) is 5.92 Å². The van der Waals surface area contributed by atoms with Crippen molar-refractivity contribution < 1.29 is 46.9 Å². The summed E-state index contributed by atoms with van der Waals surface area (Å²) in [6.45, 7) is -1.10. The van der Waals surface area contributed by atoms with Crippen LogP contribution in [0.4, 0.5) is 11.9 Å². The fourth-order valence-corrected chi connectivity index (χ4v) is 7.04. The number of nitrogen functional groups attached to an aromatic ring is 1. The van der Waals surface area contributed by atoms with Gasteiger partial charge in [-0.05, 0) is 12.8 Å². The van der Waals surface area contributed by atoms with Crippen LogP contribution in [-0.2, 0) is 32.0 Å². The van der Waals surface area contributed by atoms with Crippen LogP contribution in [0.2, 0.25) is 0 Å². The average Bonchev–Trinajstić information content (AvgIpc) is 3.57. The van der Waals surface area contributed by atoms with Crippen molar-refractivity contribution in [3.05, 3.63) is 29.3 Å². The van der Waals surface area contributed by atoms with Gasteiger partial charge < -0.3 is 30.7 Å². The Morgan fingerprint density at radius 2 is 1.78 bits per heavy atom. The zero-order valence-electron chi connectivity index (χ0n) is 20.9. The predicted octanol–water partition coefficient (Wildman–Crippen LogP) is -0.946. The molecule has 0 aromatic carbocycles. The smallest absolute Gasteiger partial charge is 0.387 e.